The van der Waals surface area contributed by atoms with E-state index in [0.29, 0.717) is 0 Å². The van der Waals surface area contributed by atoms with Crippen LogP contribution >= 0.6 is 15.9 Å². The Balaban J connectivity index is 2.73. The zero-order chi connectivity index (χ0) is 10.5. The molecular weight excluding hydrogens is 260 g/mol. The summed E-state index contributed by atoms with van der Waals surface area (Å²) >= 11 is 2.78. The first-order valence-corrected chi connectivity index (χ1v) is 4.48. The number of anilines is 1. The zero-order valence-electron chi connectivity index (χ0n) is 6.64. The zero-order valence-corrected chi connectivity index (χ0v) is 8.23. The summed E-state index contributed by atoms with van der Waals surface area (Å²) in [4.78, 5) is 10.9. The molecule has 6 heteroatoms. The summed E-state index contributed by atoms with van der Waals surface area (Å²) in [7, 11) is 0. The maximum atomic E-state index is 13.3. The topological polar surface area (TPSA) is 49.3 Å². The second-order valence-corrected chi connectivity index (χ2v) is 3.69. The number of halogens is 3. The lowest BCUT2D eigenvalue weighted by Gasteiger charge is -2.04. The summed E-state index contributed by atoms with van der Waals surface area (Å²) in [5.74, 6) is -2.43. The van der Waals surface area contributed by atoms with Crippen molar-refractivity contribution in [1.82, 2.24) is 0 Å². The summed E-state index contributed by atoms with van der Waals surface area (Å²) in [5, 5.41) is 11.3. The molecule has 1 unspecified atom stereocenters. The molecule has 2 rings (SSSR count). The van der Waals surface area contributed by atoms with Gasteiger partial charge < -0.3 is 10.4 Å². The number of carbonyl (C=O) groups excluding carboxylic acids is 1. The van der Waals surface area contributed by atoms with Crippen LogP contribution in [-0.2, 0) is 4.79 Å². The van der Waals surface area contributed by atoms with Crippen molar-refractivity contribution < 1.29 is 18.7 Å². The van der Waals surface area contributed by atoms with E-state index in [0.717, 1.165) is 6.07 Å². The third kappa shape index (κ3) is 1.14. The van der Waals surface area contributed by atoms with Crippen molar-refractivity contribution in [3.63, 3.8) is 0 Å². The first kappa shape index (κ1) is 9.54. The number of benzene rings is 1. The molecule has 0 fully saturated rings. The van der Waals surface area contributed by atoms with E-state index >= 15 is 0 Å². The van der Waals surface area contributed by atoms with E-state index in [9.17, 15) is 18.7 Å². The minimum atomic E-state index is -1.64. The molecular formula is C8H4BrF2NO2. The molecule has 1 aliphatic rings. The van der Waals surface area contributed by atoms with Crippen molar-refractivity contribution in [3.05, 3.63) is 27.7 Å². The van der Waals surface area contributed by atoms with Crippen LogP contribution in [0.15, 0.2) is 10.5 Å². The Morgan fingerprint density at radius 1 is 1.50 bits per heavy atom. The fourth-order valence-corrected chi connectivity index (χ4v) is 1.73. The molecule has 74 valence electrons. The molecule has 0 aliphatic carbocycles. The van der Waals surface area contributed by atoms with Gasteiger partial charge in [-0.1, -0.05) is 0 Å². The highest BCUT2D eigenvalue weighted by Gasteiger charge is 2.35. The van der Waals surface area contributed by atoms with Gasteiger partial charge in [0.25, 0.3) is 5.91 Å². The lowest BCUT2D eigenvalue weighted by atomic mass is 10.1. The number of amides is 1. The number of carbonyl (C=O) groups is 1. The maximum Gasteiger partial charge on any atom is 0.258 e. The standard InChI is InChI=1S/C8H4BrF2NO2/c9-2-1-3(10)6-4(5(2)11)7(13)8(14)12-6/h1,7,13H,(H,12,14). The summed E-state index contributed by atoms with van der Waals surface area (Å²) in [6.45, 7) is 0. The lowest BCUT2D eigenvalue weighted by Crippen LogP contribution is -2.11. The predicted octanol–water partition coefficient (Wildman–Crippen LogP) is 1.71. The van der Waals surface area contributed by atoms with Crippen molar-refractivity contribution in [3.8, 4) is 0 Å². The van der Waals surface area contributed by atoms with E-state index in [1.807, 2.05) is 0 Å². The SMILES string of the molecule is O=C1Nc2c(F)cc(Br)c(F)c2C1O. The number of rotatable bonds is 0. The smallest absolute Gasteiger partial charge is 0.258 e. The van der Waals surface area contributed by atoms with Crippen molar-refractivity contribution >= 4 is 27.5 Å². The van der Waals surface area contributed by atoms with Crippen molar-refractivity contribution in [2.24, 2.45) is 0 Å². The van der Waals surface area contributed by atoms with E-state index in [2.05, 4.69) is 21.2 Å². The summed E-state index contributed by atoms with van der Waals surface area (Å²) in [6.07, 6.45) is -1.64. The maximum absolute atomic E-state index is 13.3. The van der Waals surface area contributed by atoms with Gasteiger partial charge in [0.2, 0.25) is 0 Å². The molecule has 1 aromatic rings. The highest BCUT2D eigenvalue weighted by Crippen LogP contribution is 2.38. The van der Waals surface area contributed by atoms with Crippen molar-refractivity contribution in [1.29, 1.82) is 0 Å². The number of nitrogens with one attached hydrogen (secondary N) is 1. The Hall–Kier alpha value is -1.01. The molecule has 0 radical (unpaired) electrons. The summed E-state index contributed by atoms with van der Waals surface area (Å²) < 4.78 is 26.4. The van der Waals surface area contributed by atoms with Crippen LogP contribution in [0.3, 0.4) is 0 Å². The number of hydrogen-bond acceptors (Lipinski definition) is 2. The van der Waals surface area contributed by atoms with Crippen LogP contribution in [0.4, 0.5) is 14.5 Å². The number of hydrogen-bond donors (Lipinski definition) is 2. The number of aliphatic hydroxyl groups is 1. The van der Waals surface area contributed by atoms with Crippen LogP contribution in [-0.4, -0.2) is 11.0 Å². The van der Waals surface area contributed by atoms with E-state index < -0.39 is 23.6 Å². The van der Waals surface area contributed by atoms with Crippen molar-refractivity contribution in [2.75, 3.05) is 5.32 Å². The van der Waals surface area contributed by atoms with Gasteiger partial charge in [-0.2, -0.15) is 0 Å². The molecule has 1 aromatic carbocycles. The second kappa shape index (κ2) is 2.99. The van der Waals surface area contributed by atoms with Crippen LogP contribution < -0.4 is 5.32 Å². The molecule has 0 aromatic heterocycles. The van der Waals surface area contributed by atoms with Gasteiger partial charge in [0.05, 0.1) is 15.7 Å². The summed E-state index contributed by atoms with van der Waals surface area (Å²) in [6, 6.07) is 0.895. The minimum absolute atomic E-state index is 0.121. The quantitative estimate of drug-likeness (QED) is 0.701. The normalized spacial score (nSPS) is 19.4. The number of aliphatic hydroxyl groups excluding tert-OH is 1. The van der Waals surface area contributed by atoms with Gasteiger partial charge in [-0.25, -0.2) is 8.78 Å². The lowest BCUT2D eigenvalue weighted by molar-refractivity contribution is -0.123. The van der Waals surface area contributed by atoms with E-state index in [4.69, 9.17) is 0 Å². The van der Waals surface area contributed by atoms with Crippen LogP contribution in [0.2, 0.25) is 0 Å². The van der Waals surface area contributed by atoms with Gasteiger partial charge in [-0.3, -0.25) is 4.79 Å². The molecule has 0 saturated carbocycles. The molecule has 1 heterocycles. The van der Waals surface area contributed by atoms with Gasteiger partial charge in [-0.15, -0.1) is 0 Å². The van der Waals surface area contributed by atoms with E-state index in [1.165, 1.54) is 0 Å². The Morgan fingerprint density at radius 2 is 2.14 bits per heavy atom. The van der Waals surface area contributed by atoms with Crippen LogP contribution in [0.5, 0.6) is 0 Å². The highest BCUT2D eigenvalue weighted by atomic mass is 79.9. The Bertz CT molecular complexity index is 436. The fourth-order valence-electron chi connectivity index (χ4n) is 1.32. The largest absolute Gasteiger partial charge is 0.378 e. The fraction of sp³-hybridized carbons (Fsp3) is 0.125. The monoisotopic (exact) mass is 263 g/mol. The minimum Gasteiger partial charge on any atom is -0.378 e. The first-order chi connectivity index (χ1) is 6.52. The van der Waals surface area contributed by atoms with E-state index in [-0.39, 0.29) is 15.7 Å². The molecule has 14 heavy (non-hydrogen) atoms. The van der Waals surface area contributed by atoms with Gasteiger partial charge in [0.1, 0.15) is 11.6 Å². The molecule has 2 N–H and O–H groups in total. The third-order valence-electron chi connectivity index (χ3n) is 1.98. The average Bonchev–Trinajstić information content (AvgIpc) is 2.41. The second-order valence-electron chi connectivity index (χ2n) is 2.83. The Kier molecular flexibility index (Phi) is 2.04. The molecule has 1 atom stereocenters. The third-order valence-corrected chi connectivity index (χ3v) is 2.55. The van der Waals surface area contributed by atoms with Crippen molar-refractivity contribution in [2.45, 2.75) is 6.10 Å². The van der Waals surface area contributed by atoms with Gasteiger partial charge in [0.15, 0.2) is 6.10 Å². The molecule has 3 nitrogen and oxygen atoms in total. The van der Waals surface area contributed by atoms with Gasteiger partial charge >= 0.3 is 0 Å². The Morgan fingerprint density at radius 3 is 2.79 bits per heavy atom. The summed E-state index contributed by atoms with van der Waals surface area (Å²) in [5.41, 5.74) is -0.634. The van der Waals surface area contributed by atoms with Gasteiger partial charge in [-0.05, 0) is 22.0 Å². The molecule has 0 bridgehead atoms. The molecule has 0 spiro atoms. The van der Waals surface area contributed by atoms with Gasteiger partial charge in [0, 0.05) is 0 Å². The molecule has 1 amide bonds. The van der Waals surface area contributed by atoms with E-state index in [1.54, 1.807) is 0 Å². The molecule has 1 aliphatic heterocycles. The first-order valence-electron chi connectivity index (χ1n) is 3.68. The van der Waals surface area contributed by atoms with Crippen LogP contribution in [0, 0.1) is 11.6 Å². The molecule has 0 saturated heterocycles. The van der Waals surface area contributed by atoms with Crippen LogP contribution in [0.25, 0.3) is 0 Å². The highest BCUT2D eigenvalue weighted by molar-refractivity contribution is 9.10. The predicted molar refractivity (Wildman–Crippen MR) is 47.6 cm³/mol. The Labute approximate surface area is 85.9 Å². The average molecular weight is 264 g/mol. The number of fused-ring (bicyclic) bond motifs is 1. The van der Waals surface area contributed by atoms with Crippen LogP contribution in [0.1, 0.15) is 11.7 Å².